The maximum atomic E-state index is 12.4. The van der Waals surface area contributed by atoms with E-state index in [0.717, 1.165) is 31.3 Å². The number of cyclic esters (lactones) is 1. The van der Waals surface area contributed by atoms with E-state index in [-0.39, 0.29) is 47.6 Å². The smallest absolute Gasteiger partial charge is 0.331 e. The van der Waals surface area contributed by atoms with Gasteiger partial charge in [-0.3, -0.25) is 4.79 Å². The Labute approximate surface area is 189 Å². The number of rotatable bonds is 2. The number of hydrogen-bond donors (Lipinski definition) is 3. The first kappa shape index (κ1) is 22.4. The molecule has 7 nitrogen and oxygen atoms in total. The van der Waals surface area contributed by atoms with Crippen LogP contribution in [-0.4, -0.2) is 57.8 Å². The molecule has 5 rings (SSSR count). The molecule has 0 bridgehead atoms. The van der Waals surface area contributed by atoms with E-state index in [1.807, 2.05) is 0 Å². The number of carbonyl (C=O) groups excluding carboxylic acids is 2. The Kier molecular flexibility index (Phi) is 5.08. The fourth-order valence-corrected chi connectivity index (χ4v) is 8.82. The third kappa shape index (κ3) is 2.90. The van der Waals surface area contributed by atoms with E-state index >= 15 is 0 Å². The van der Waals surface area contributed by atoms with Crippen LogP contribution in [0.5, 0.6) is 0 Å². The Hall–Kier alpha value is -1.44. The monoisotopic (exact) mass is 448 g/mol. The molecular weight excluding hydrogens is 412 g/mol. The summed E-state index contributed by atoms with van der Waals surface area (Å²) in [4.78, 5) is 23.8. The van der Waals surface area contributed by atoms with Crippen LogP contribution in [0, 0.1) is 34.5 Å². The first-order chi connectivity index (χ1) is 15.0. The Bertz CT molecular complexity index is 853. The lowest BCUT2D eigenvalue weighted by atomic mass is 9.42. The van der Waals surface area contributed by atoms with Gasteiger partial charge in [0.05, 0.1) is 17.8 Å². The molecule has 1 aliphatic heterocycles. The van der Waals surface area contributed by atoms with Crippen LogP contribution in [-0.2, 0) is 19.1 Å². The molecule has 32 heavy (non-hydrogen) atoms. The van der Waals surface area contributed by atoms with Crippen LogP contribution >= 0.6 is 0 Å². The summed E-state index contributed by atoms with van der Waals surface area (Å²) in [5.74, 6) is -0.706. The van der Waals surface area contributed by atoms with Gasteiger partial charge in [0, 0.05) is 30.8 Å². The van der Waals surface area contributed by atoms with Crippen molar-refractivity contribution in [2.75, 3.05) is 6.61 Å². The zero-order valence-electron chi connectivity index (χ0n) is 19.3. The second-order valence-electron chi connectivity index (χ2n) is 11.5. The normalized spacial score (nSPS) is 52.4. The highest BCUT2D eigenvalue weighted by Crippen LogP contribution is 2.70. The minimum absolute atomic E-state index is 0.0333. The molecule has 0 amide bonds. The summed E-state index contributed by atoms with van der Waals surface area (Å²) in [5, 5.41) is 33.8. The van der Waals surface area contributed by atoms with Crippen LogP contribution in [0.15, 0.2) is 11.6 Å². The van der Waals surface area contributed by atoms with Crippen LogP contribution in [0.3, 0.4) is 0 Å². The summed E-state index contributed by atoms with van der Waals surface area (Å²) in [6, 6.07) is 0. The number of fused-ring (bicyclic) bond motifs is 5. The lowest BCUT2D eigenvalue weighted by Gasteiger charge is -2.64. The molecule has 0 saturated heterocycles. The Morgan fingerprint density at radius 2 is 1.91 bits per heavy atom. The fraction of sp³-hybridized carbons (Fsp3) is 0.840. The molecule has 178 valence electrons. The molecule has 0 aromatic rings. The molecule has 3 N–H and O–H groups in total. The first-order valence-electron chi connectivity index (χ1n) is 12.1. The van der Waals surface area contributed by atoms with Gasteiger partial charge in [0.2, 0.25) is 0 Å². The quantitative estimate of drug-likeness (QED) is 0.555. The fourth-order valence-electron chi connectivity index (χ4n) is 8.82. The number of carbonyl (C=O) groups is 2. The van der Waals surface area contributed by atoms with Crippen molar-refractivity contribution in [2.24, 2.45) is 34.5 Å². The summed E-state index contributed by atoms with van der Waals surface area (Å²) in [5.41, 5.74) is -1.17. The number of aliphatic hydroxyl groups is 3. The van der Waals surface area contributed by atoms with Crippen LogP contribution in [0.4, 0.5) is 0 Å². The first-order valence-corrected chi connectivity index (χ1v) is 12.1. The van der Waals surface area contributed by atoms with Crippen LogP contribution in [0.2, 0.25) is 0 Å². The standard InChI is InChI=1S/C25H36O7/c1-13(26)32-19-11-25(30)18-5-4-15-9-16(27)10-20(28)24(15,3)17(18)6-7-23(25,2)22(19)14-8-21(29)31-12-14/h8,15-20,22,27-28,30H,4-7,9-12H2,1-3H3/t15-,16-,17+,18-,19+,20-,22+,23-,24+,25+/m1/s1. The van der Waals surface area contributed by atoms with Crippen molar-refractivity contribution in [3.05, 3.63) is 11.6 Å². The lowest BCUT2D eigenvalue weighted by molar-refractivity contribution is -0.231. The maximum absolute atomic E-state index is 12.4. The molecule has 4 saturated carbocycles. The van der Waals surface area contributed by atoms with Gasteiger partial charge in [0.15, 0.2) is 0 Å². The highest BCUT2D eigenvalue weighted by Gasteiger charge is 2.71. The molecule has 0 spiro atoms. The lowest BCUT2D eigenvalue weighted by Crippen LogP contribution is -2.65. The second-order valence-corrected chi connectivity index (χ2v) is 11.5. The molecule has 0 radical (unpaired) electrons. The predicted molar refractivity (Wildman–Crippen MR) is 114 cm³/mol. The molecule has 0 aromatic heterocycles. The number of ether oxygens (including phenoxy) is 2. The van der Waals surface area contributed by atoms with Gasteiger partial charge in [-0.2, -0.15) is 0 Å². The van der Waals surface area contributed by atoms with Gasteiger partial charge in [0.1, 0.15) is 12.7 Å². The minimum atomic E-state index is -1.07. The van der Waals surface area contributed by atoms with Gasteiger partial charge in [-0.1, -0.05) is 13.8 Å². The van der Waals surface area contributed by atoms with E-state index in [2.05, 4.69) is 13.8 Å². The summed E-state index contributed by atoms with van der Waals surface area (Å²) >= 11 is 0. The van der Waals surface area contributed by atoms with E-state index in [9.17, 15) is 24.9 Å². The Morgan fingerprint density at radius 3 is 2.56 bits per heavy atom. The number of hydrogen-bond acceptors (Lipinski definition) is 7. The average molecular weight is 449 g/mol. The SMILES string of the molecule is CC(=O)O[C@H]1C[C@]2(O)[C@@H]3CC[C@@H]4C[C@@H](O)C[C@@H](O)[C@]4(C)[C@H]3CC[C@]2(C)[C@H]1C1=CC(=O)OC1. The molecular formula is C25H36O7. The largest absolute Gasteiger partial charge is 0.462 e. The number of esters is 2. The Balaban J connectivity index is 1.54. The second kappa shape index (κ2) is 7.28. The van der Waals surface area contributed by atoms with E-state index in [1.54, 1.807) is 0 Å². The highest BCUT2D eigenvalue weighted by molar-refractivity contribution is 5.85. The molecule has 4 aliphatic carbocycles. The van der Waals surface area contributed by atoms with Crippen molar-refractivity contribution >= 4 is 11.9 Å². The van der Waals surface area contributed by atoms with Crippen molar-refractivity contribution < 1.29 is 34.4 Å². The molecule has 7 heteroatoms. The van der Waals surface area contributed by atoms with E-state index in [0.29, 0.717) is 19.3 Å². The average Bonchev–Trinajstić information content (AvgIpc) is 3.20. The van der Waals surface area contributed by atoms with Crippen LogP contribution in [0.25, 0.3) is 0 Å². The van der Waals surface area contributed by atoms with Crippen LogP contribution < -0.4 is 0 Å². The number of aliphatic hydroxyl groups excluding tert-OH is 2. The molecule has 0 aromatic carbocycles. The van der Waals surface area contributed by atoms with Gasteiger partial charge in [-0.25, -0.2) is 4.79 Å². The van der Waals surface area contributed by atoms with Crippen LogP contribution in [0.1, 0.15) is 65.7 Å². The maximum Gasteiger partial charge on any atom is 0.331 e. The highest BCUT2D eigenvalue weighted by atomic mass is 16.5. The van der Waals surface area contributed by atoms with Crippen molar-refractivity contribution in [1.82, 2.24) is 0 Å². The van der Waals surface area contributed by atoms with Crippen molar-refractivity contribution in [1.29, 1.82) is 0 Å². The zero-order valence-corrected chi connectivity index (χ0v) is 19.3. The van der Waals surface area contributed by atoms with Gasteiger partial charge in [-0.15, -0.1) is 0 Å². The van der Waals surface area contributed by atoms with Crippen molar-refractivity contribution in [2.45, 2.75) is 89.6 Å². The summed E-state index contributed by atoms with van der Waals surface area (Å²) in [6.45, 7) is 5.79. The molecule has 1 heterocycles. The predicted octanol–water partition coefficient (Wildman–Crippen LogP) is 2.12. The molecule has 0 unspecified atom stereocenters. The molecule has 10 atom stereocenters. The zero-order chi connectivity index (χ0) is 23.1. The van der Waals surface area contributed by atoms with E-state index in [4.69, 9.17) is 9.47 Å². The van der Waals surface area contributed by atoms with Gasteiger partial charge in [-0.05, 0) is 67.3 Å². The third-order valence-corrected chi connectivity index (χ3v) is 10.3. The van der Waals surface area contributed by atoms with Gasteiger partial charge in [0.25, 0.3) is 0 Å². The summed E-state index contributed by atoms with van der Waals surface area (Å²) < 4.78 is 10.9. The molecule has 5 aliphatic rings. The topological polar surface area (TPSA) is 113 Å². The Morgan fingerprint density at radius 1 is 1.16 bits per heavy atom. The van der Waals surface area contributed by atoms with E-state index in [1.165, 1.54) is 13.0 Å². The van der Waals surface area contributed by atoms with Crippen molar-refractivity contribution in [3.8, 4) is 0 Å². The molecule has 4 fully saturated rings. The summed E-state index contributed by atoms with van der Waals surface area (Å²) in [7, 11) is 0. The minimum Gasteiger partial charge on any atom is -0.462 e. The van der Waals surface area contributed by atoms with Gasteiger partial charge < -0.3 is 24.8 Å². The van der Waals surface area contributed by atoms with E-state index < -0.39 is 29.3 Å². The third-order valence-electron chi connectivity index (χ3n) is 10.3. The van der Waals surface area contributed by atoms with Gasteiger partial charge >= 0.3 is 11.9 Å². The summed E-state index contributed by atoms with van der Waals surface area (Å²) in [6.07, 6.45) is 4.62. The van der Waals surface area contributed by atoms with Crippen molar-refractivity contribution in [3.63, 3.8) is 0 Å².